The van der Waals surface area contributed by atoms with Crippen LogP contribution in [0.4, 0.5) is 0 Å². The van der Waals surface area contributed by atoms with Gasteiger partial charge in [0.2, 0.25) is 10.0 Å². The molecule has 2 saturated carbocycles. The standard InChI is InChI=1S/C16H20N2O6S2/c1-3-12-10-16(12,15(19)17-25(20,21)13-8-9-13)18-24-26(22,23)14-6-4-11(2)5-7-14/h3-7,12-13,18H,1,8-10H2,2H3,(H,17,19)/t12-,16-/m1/s1. The average Bonchev–Trinajstić information content (AvgIpc) is 3.46. The minimum absolute atomic E-state index is 0.0763. The lowest BCUT2D eigenvalue weighted by Crippen LogP contribution is -2.50. The molecule has 2 aliphatic rings. The van der Waals surface area contributed by atoms with Crippen molar-refractivity contribution in [2.24, 2.45) is 5.92 Å². The molecule has 2 N–H and O–H groups in total. The number of rotatable bonds is 8. The molecule has 10 heteroatoms. The minimum atomic E-state index is -4.16. The number of carbonyl (C=O) groups excluding carboxylic acids is 1. The SMILES string of the molecule is C=C[C@@H]1C[C@]1(NOS(=O)(=O)c1ccc(C)cc1)C(=O)NS(=O)(=O)C1CC1. The molecular formula is C16H20N2O6S2. The van der Waals surface area contributed by atoms with E-state index in [4.69, 9.17) is 4.28 Å². The molecule has 8 nitrogen and oxygen atoms in total. The quantitative estimate of drug-likeness (QED) is 0.488. The number of amides is 1. The molecule has 26 heavy (non-hydrogen) atoms. The highest BCUT2D eigenvalue weighted by Crippen LogP contribution is 2.45. The maximum absolute atomic E-state index is 12.5. The smallest absolute Gasteiger partial charge is 0.272 e. The van der Waals surface area contributed by atoms with Gasteiger partial charge in [-0.1, -0.05) is 23.8 Å². The second-order valence-corrected chi connectivity index (χ2v) is 10.2. The number of hydroxylamine groups is 1. The number of hydrogen-bond acceptors (Lipinski definition) is 7. The van der Waals surface area contributed by atoms with Crippen molar-refractivity contribution in [1.82, 2.24) is 10.2 Å². The van der Waals surface area contributed by atoms with Crippen LogP contribution in [-0.4, -0.2) is 33.5 Å². The molecule has 0 aliphatic heterocycles. The molecule has 142 valence electrons. The molecule has 0 heterocycles. The Kier molecular flexibility index (Phi) is 4.72. The van der Waals surface area contributed by atoms with Crippen molar-refractivity contribution in [3.8, 4) is 0 Å². The lowest BCUT2D eigenvalue weighted by Gasteiger charge is -2.18. The first-order valence-corrected chi connectivity index (χ1v) is 11.0. The molecule has 2 aliphatic carbocycles. The van der Waals surface area contributed by atoms with Gasteiger partial charge in [0.05, 0.1) is 10.1 Å². The van der Waals surface area contributed by atoms with Gasteiger partial charge in [0.25, 0.3) is 5.91 Å². The molecule has 0 bridgehead atoms. The van der Waals surface area contributed by atoms with Crippen LogP contribution in [0.15, 0.2) is 41.8 Å². The van der Waals surface area contributed by atoms with Crippen molar-refractivity contribution in [1.29, 1.82) is 0 Å². The van der Waals surface area contributed by atoms with Gasteiger partial charge in [0.15, 0.2) is 0 Å². The molecule has 0 saturated heterocycles. The van der Waals surface area contributed by atoms with Gasteiger partial charge in [-0.2, -0.15) is 18.2 Å². The normalized spacial score (nSPS) is 25.5. The predicted molar refractivity (Wildman–Crippen MR) is 93.7 cm³/mol. The molecule has 1 aromatic carbocycles. The Morgan fingerprint density at radius 3 is 2.35 bits per heavy atom. The van der Waals surface area contributed by atoms with Crippen LogP contribution in [0.2, 0.25) is 0 Å². The minimum Gasteiger partial charge on any atom is -0.272 e. The van der Waals surface area contributed by atoms with Crippen LogP contribution in [0.5, 0.6) is 0 Å². The molecule has 0 radical (unpaired) electrons. The van der Waals surface area contributed by atoms with Crippen LogP contribution in [-0.2, 0) is 29.2 Å². The second-order valence-electron chi connectivity index (χ2n) is 6.65. The fourth-order valence-electron chi connectivity index (χ4n) is 2.56. The van der Waals surface area contributed by atoms with Crippen molar-refractivity contribution >= 4 is 26.0 Å². The molecule has 0 spiro atoms. The Labute approximate surface area is 152 Å². The fourth-order valence-corrected chi connectivity index (χ4v) is 4.75. The predicted octanol–water partition coefficient (Wildman–Crippen LogP) is 0.758. The van der Waals surface area contributed by atoms with E-state index in [1.807, 2.05) is 11.6 Å². The lowest BCUT2D eigenvalue weighted by atomic mass is 10.2. The molecular weight excluding hydrogens is 380 g/mol. The lowest BCUT2D eigenvalue weighted by molar-refractivity contribution is -0.124. The largest absolute Gasteiger partial charge is 0.312 e. The van der Waals surface area contributed by atoms with Crippen LogP contribution in [0, 0.1) is 12.8 Å². The van der Waals surface area contributed by atoms with E-state index >= 15 is 0 Å². The summed E-state index contributed by atoms with van der Waals surface area (Å²) in [6.45, 7) is 5.40. The van der Waals surface area contributed by atoms with E-state index in [1.54, 1.807) is 12.1 Å². The first-order valence-electron chi connectivity index (χ1n) is 8.07. The zero-order valence-electron chi connectivity index (χ0n) is 14.1. The summed E-state index contributed by atoms with van der Waals surface area (Å²) >= 11 is 0. The van der Waals surface area contributed by atoms with Gasteiger partial charge in [0, 0.05) is 5.92 Å². The van der Waals surface area contributed by atoms with Gasteiger partial charge in [-0.15, -0.1) is 6.58 Å². The highest BCUT2D eigenvalue weighted by molar-refractivity contribution is 7.91. The van der Waals surface area contributed by atoms with E-state index in [0.29, 0.717) is 12.8 Å². The number of hydrogen-bond donors (Lipinski definition) is 2. The van der Waals surface area contributed by atoms with Crippen molar-refractivity contribution in [2.45, 2.75) is 41.9 Å². The van der Waals surface area contributed by atoms with Crippen molar-refractivity contribution in [2.75, 3.05) is 0 Å². The van der Waals surface area contributed by atoms with Crippen LogP contribution >= 0.6 is 0 Å². The summed E-state index contributed by atoms with van der Waals surface area (Å²) < 4.78 is 55.4. The summed E-state index contributed by atoms with van der Waals surface area (Å²) in [6.07, 6.45) is 2.66. The summed E-state index contributed by atoms with van der Waals surface area (Å²) in [6, 6.07) is 6.00. The maximum atomic E-state index is 12.5. The monoisotopic (exact) mass is 400 g/mol. The Morgan fingerprint density at radius 2 is 1.85 bits per heavy atom. The summed E-state index contributed by atoms with van der Waals surface area (Å²) in [7, 11) is -7.91. The molecule has 1 aromatic rings. The molecule has 1 amide bonds. The Balaban J connectivity index is 1.73. The maximum Gasteiger partial charge on any atom is 0.312 e. The number of aryl methyl sites for hydroxylation is 1. The molecule has 2 fully saturated rings. The van der Waals surface area contributed by atoms with Crippen LogP contribution in [0.1, 0.15) is 24.8 Å². The van der Waals surface area contributed by atoms with Gasteiger partial charge in [-0.25, -0.2) is 8.42 Å². The van der Waals surface area contributed by atoms with E-state index in [1.165, 1.54) is 18.2 Å². The Bertz CT molecular complexity index is 935. The summed E-state index contributed by atoms with van der Waals surface area (Å²) in [4.78, 5) is 12.4. The topological polar surface area (TPSA) is 119 Å². The van der Waals surface area contributed by atoms with Crippen molar-refractivity contribution in [3.63, 3.8) is 0 Å². The number of benzene rings is 1. The van der Waals surface area contributed by atoms with E-state index in [9.17, 15) is 21.6 Å². The summed E-state index contributed by atoms with van der Waals surface area (Å²) in [5.74, 6) is -1.28. The molecule has 0 unspecified atom stereocenters. The third-order valence-corrected chi connectivity index (χ3v) is 7.52. The van der Waals surface area contributed by atoms with Crippen LogP contribution < -0.4 is 10.2 Å². The van der Waals surface area contributed by atoms with Gasteiger partial charge in [0.1, 0.15) is 5.54 Å². The molecule has 3 rings (SSSR count). The van der Waals surface area contributed by atoms with Gasteiger partial charge in [-0.3, -0.25) is 9.52 Å². The zero-order chi connectivity index (χ0) is 19.2. The Morgan fingerprint density at radius 1 is 1.23 bits per heavy atom. The summed E-state index contributed by atoms with van der Waals surface area (Å²) in [5, 5.41) is -0.568. The van der Waals surface area contributed by atoms with E-state index in [2.05, 4.69) is 12.1 Å². The first-order chi connectivity index (χ1) is 12.1. The van der Waals surface area contributed by atoms with Crippen molar-refractivity contribution < 1.29 is 25.9 Å². The highest BCUT2D eigenvalue weighted by Gasteiger charge is 2.61. The zero-order valence-corrected chi connectivity index (χ0v) is 15.8. The summed E-state index contributed by atoms with van der Waals surface area (Å²) in [5.41, 5.74) is 1.68. The van der Waals surface area contributed by atoms with E-state index in [-0.39, 0.29) is 11.3 Å². The number of carbonyl (C=O) groups is 1. The number of sulfonamides is 1. The third kappa shape index (κ3) is 3.68. The third-order valence-electron chi connectivity index (χ3n) is 4.55. The van der Waals surface area contributed by atoms with Gasteiger partial charge in [-0.05, 0) is 38.3 Å². The number of nitrogens with one attached hydrogen (secondary N) is 2. The molecule has 0 aromatic heterocycles. The van der Waals surface area contributed by atoms with Gasteiger partial charge >= 0.3 is 10.1 Å². The highest BCUT2D eigenvalue weighted by atomic mass is 32.2. The Hall–Kier alpha value is -1.75. The first kappa shape index (κ1) is 19.0. The molecule has 2 atom stereocenters. The average molecular weight is 400 g/mol. The van der Waals surface area contributed by atoms with E-state index in [0.717, 1.165) is 5.56 Å². The second kappa shape index (κ2) is 6.45. The fraction of sp³-hybridized carbons (Fsp3) is 0.438. The van der Waals surface area contributed by atoms with Crippen LogP contribution in [0.3, 0.4) is 0 Å². The van der Waals surface area contributed by atoms with Gasteiger partial charge < -0.3 is 0 Å². The van der Waals surface area contributed by atoms with Crippen molar-refractivity contribution in [3.05, 3.63) is 42.5 Å². The van der Waals surface area contributed by atoms with E-state index < -0.39 is 42.8 Å². The van der Waals surface area contributed by atoms with Crippen LogP contribution in [0.25, 0.3) is 0 Å².